The van der Waals surface area contributed by atoms with Gasteiger partial charge in [0.15, 0.2) is 0 Å². The smallest absolute Gasteiger partial charge is 0.127 e. The topological polar surface area (TPSA) is 38.7 Å². The van der Waals surface area contributed by atoms with Crippen molar-refractivity contribution in [3.05, 3.63) is 22.3 Å². The quantitative estimate of drug-likeness (QED) is 0.152. The van der Waals surface area contributed by atoms with Gasteiger partial charge in [-0.3, -0.25) is 0 Å². The third-order valence-corrected chi connectivity index (χ3v) is 9.64. The molecule has 3 unspecified atom stereocenters. The van der Waals surface area contributed by atoms with Crippen LogP contribution in [-0.4, -0.2) is 23.9 Å². The van der Waals surface area contributed by atoms with Crippen molar-refractivity contribution in [3.8, 4) is 11.5 Å². The lowest BCUT2D eigenvalue weighted by Gasteiger charge is -2.38. The highest BCUT2D eigenvalue weighted by molar-refractivity contribution is 5.59. The van der Waals surface area contributed by atoms with Crippen molar-refractivity contribution in [2.75, 3.05) is 13.2 Å². The second-order valence-corrected chi connectivity index (χ2v) is 14.1. The molecule has 0 amide bonds. The van der Waals surface area contributed by atoms with E-state index < -0.39 is 0 Å². The Balaban J connectivity index is 1.78. The van der Waals surface area contributed by atoms with Crippen molar-refractivity contribution in [1.29, 1.82) is 0 Å². The summed E-state index contributed by atoms with van der Waals surface area (Å²) in [6.45, 7) is 19.7. The maximum atomic E-state index is 8.92. The molecular weight excluding hydrogens is 492 g/mol. The Morgan fingerprint density at radius 3 is 1.93 bits per heavy atom. The van der Waals surface area contributed by atoms with Crippen LogP contribution in [0.4, 0.5) is 0 Å². The van der Waals surface area contributed by atoms with E-state index in [2.05, 4.69) is 55.4 Å². The molecule has 1 aromatic rings. The number of benzene rings is 1. The van der Waals surface area contributed by atoms with E-state index in [0.29, 0.717) is 6.61 Å². The summed E-state index contributed by atoms with van der Waals surface area (Å²) < 4.78 is 13.2. The SMILES string of the molecule is Cc1c(C)c2c(c(C)c1OCCCCCCCCO)CCC(C)(CCCC(C)CCCC(C)CCCC(C)C)O2. The highest BCUT2D eigenvalue weighted by Crippen LogP contribution is 2.45. The van der Waals surface area contributed by atoms with Crippen molar-refractivity contribution in [2.24, 2.45) is 17.8 Å². The van der Waals surface area contributed by atoms with Gasteiger partial charge in [-0.05, 0) is 101 Å². The number of rotatable bonds is 21. The molecule has 0 radical (unpaired) electrons. The van der Waals surface area contributed by atoms with Crippen LogP contribution in [0.1, 0.15) is 160 Å². The predicted molar refractivity (Wildman–Crippen MR) is 173 cm³/mol. The zero-order valence-corrected chi connectivity index (χ0v) is 27.9. The lowest BCUT2D eigenvalue weighted by Crippen LogP contribution is -2.37. The van der Waals surface area contributed by atoms with E-state index in [-0.39, 0.29) is 5.60 Å². The normalized spacial score (nSPS) is 18.4. The molecule has 0 aliphatic carbocycles. The van der Waals surface area contributed by atoms with Crippen LogP contribution in [0.25, 0.3) is 0 Å². The molecule has 3 heteroatoms. The number of aliphatic hydroxyl groups excluding tert-OH is 1. The average molecular weight is 559 g/mol. The van der Waals surface area contributed by atoms with Crippen molar-refractivity contribution in [3.63, 3.8) is 0 Å². The number of unbranched alkanes of at least 4 members (excludes halogenated alkanes) is 5. The highest BCUT2D eigenvalue weighted by atomic mass is 16.5. The van der Waals surface area contributed by atoms with Crippen molar-refractivity contribution in [2.45, 2.75) is 170 Å². The van der Waals surface area contributed by atoms with E-state index in [9.17, 15) is 0 Å². The summed E-state index contributed by atoms with van der Waals surface area (Å²) in [4.78, 5) is 0. The molecule has 0 bridgehead atoms. The first kappa shape index (κ1) is 35.0. The Morgan fingerprint density at radius 2 is 1.30 bits per heavy atom. The fourth-order valence-electron chi connectivity index (χ4n) is 6.57. The molecule has 40 heavy (non-hydrogen) atoms. The molecule has 0 saturated carbocycles. The summed E-state index contributed by atoms with van der Waals surface area (Å²) in [5.74, 6) is 4.77. The zero-order chi connectivity index (χ0) is 29.5. The van der Waals surface area contributed by atoms with Gasteiger partial charge in [0.05, 0.1) is 6.61 Å². The van der Waals surface area contributed by atoms with Crippen LogP contribution < -0.4 is 9.47 Å². The minimum absolute atomic E-state index is 0.0559. The molecule has 0 fully saturated rings. The van der Waals surface area contributed by atoms with Gasteiger partial charge in [-0.25, -0.2) is 0 Å². The molecule has 1 aliphatic heterocycles. The first-order valence-electron chi connectivity index (χ1n) is 17.1. The van der Waals surface area contributed by atoms with E-state index in [1.807, 2.05) is 0 Å². The summed E-state index contributed by atoms with van der Waals surface area (Å²) >= 11 is 0. The van der Waals surface area contributed by atoms with Gasteiger partial charge >= 0.3 is 0 Å². The van der Waals surface area contributed by atoms with Crippen molar-refractivity contribution in [1.82, 2.24) is 0 Å². The molecule has 1 N–H and O–H groups in total. The monoisotopic (exact) mass is 559 g/mol. The summed E-state index contributed by atoms with van der Waals surface area (Å²) in [5.41, 5.74) is 5.11. The lowest BCUT2D eigenvalue weighted by molar-refractivity contribution is 0.0511. The van der Waals surface area contributed by atoms with Gasteiger partial charge in [-0.15, -0.1) is 0 Å². The summed E-state index contributed by atoms with van der Waals surface area (Å²) in [6, 6.07) is 0. The van der Waals surface area contributed by atoms with Gasteiger partial charge < -0.3 is 14.6 Å². The molecule has 0 spiro atoms. The van der Waals surface area contributed by atoms with Gasteiger partial charge in [-0.1, -0.05) is 98.3 Å². The number of hydrogen-bond donors (Lipinski definition) is 1. The van der Waals surface area contributed by atoms with Crippen LogP contribution in [0, 0.1) is 38.5 Å². The zero-order valence-electron chi connectivity index (χ0n) is 27.9. The molecule has 2 rings (SSSR count). The van der Waals surface area contributed by atoms with Crippen LogP contribution in [0.15, 0.2) is 0 Å². The third-order valence-electron chi connectivity index (χ3n) is 9.64. The van der Waals surface area contributed by atoms with Gasteiger partial charge in [-0.2, -0.15) is 0 Å². The van der Waals surface area contributed by atoms with Crippen LogP contribution >= 0.6 is 0 Å². The Bertz CT molecular complexity index is 845. The van der Waals surface area contributed by atoms with Crippen molar-refractivity contribution >= 4 is 0 Å². The standard InChI is InChI=1S/C37H66O3/c1-28(2)18-15-19-29(3)20-16-21-30(4)22-17-24-37(8)25-23-34-33(7)35(31(5)32(6)36(34)40-37)39-27-14-12-10-9-11-13-26-38/h28-30,38H,9-27H2,1-8H3. The van der Waals surface area contributed by atoms with E-state index in [4.69, 9.17) is 14.6 Å². The van der Waals surface area contributed by atoms with E-state index in [1.54, 1.807) is 0 Å². The predicted octanol–water partition coefficient (Wildman–Crippen LogP) is 10.8. The molecule has 0 aromatic heterocycles. The van der Waals surface area contributed by atoms with Gasteiger partial charge in [0.25, 0.3) is 0 Å². The highest BCUT2D eigenvalue weighted by Gasteiger charge is 2.34. The second kappa shape index (κ2) is 18.3. The number of fused-ring (bicyclic) bond motifs is 1. The van der Waals surface area contributed by atoms with Crippen LogP contribution in [0.5, 0.6) is 11.5 Å². The van der Waals surface area contributed by atoms with Crippen LogP contribution in [0.2, 0.25) is 0 Å². The first-order chi connectivity index (χ1) is 19.1. The van der Waals surface area contributed by atoms with E-state index >= 15 is 0 Å². The molecule has 3 nitrogen and oxygen atoms in total. The fourth-order valence-corrected chi connectivity index (χ4v) is 6.57. The molecule has 1 heterocycles. The Labute approximate surface area is 249 Å². The van der Waals surface area contributed by atoms with Gasteiger partial charge in [0.2, 0.25) is 0 Å². The molecule has 232 valence electrons. The Kier molecular flexibility index (Phi) is 16.0. The van der Waals surface area contributed by atoms with Gasteiger partial charge in [0.1, 0.15) is 17.1 Å². The number of aliphatic hydroxyl groups is 1. The first-order valence-corrected chi connectivity index (χ1v) is 17.1. The van der Waals surface area contributed by atoms with Crippen LogP contribution in [0.3, 0.4) is 0 Å². The largest absolute Gasteiger partial charge is 0.493 e. The van der Waals surface area contributed by atoms with Crippen molar-refractivity contribution < 1.29 is 14.6 Å². The Morgan fingerprint density at radius 1 is 0.725 bits per heavy atom. The fraction of sp³-hybridized carbons (Fsp3) is 0.838. The molecule has 3 atom stereocenters. The van der Waals surface area contributed by atoms with E-state index in [1.165, 1.54) is 92.9 Å². The Hall–Kier alpha value is -1.22. The minimum atomic E-state index is -0.0559. The summed E-state index contributed by atoms with van der Waals surface area (Å²) in [6.07, 6.45) is 21.1. The van der Waals surface area contributed by atoms with E-state index in [0.717, 1.165) is 74.4 Å². The summed E-state index contributed by atoms with van der Waals surface area (Å²) in [5, 5.41) is 8.92. The maximum absolute atomic E-state index is 8.92. The molecule has 1 aliphatic rings. The molecule has 0 saturated heterocycles. The lowest BCUT2D eigenvalue weighted by atomic mass is 9.83. The summed E-state index contributed by atoms with van der Waals surface area (Å²) in [7, 11) is 0. The minimum Gasteiger partial charge on any atom is -0.493 e. The average Bonchev–Trinajstić information content (AvgIpc) is 2.90. The van der Waals surface area contributed by atoms with Gasteiger partial charge in [0, 0.05) is 12.2 Å². The number of ether oxygens (including phenoxy) is 2. The molecular formula is C37H66O3. The van der Waals surface area contributed by atoms with Crippen LogP contribution in [-0.2, 0) is 6.42 Å². The number of hydrogen-bond acceptors (Lipinski definition) is 3. The second-order valence-electron chi connectivity index (χ2n) is 14.1. The third kappa shape index (κ3) is 11.9. The molecule has 1 aromatic carbocycles. The maximum Gasteiger partial charge on any atom is 0.127 e.